The van der Waals surface area contributed by atoms with Crippen molar-refractivity contribution < 1.29 is 14.3 Å². The number of hydrogen-bond acceptors (Lipinski definition) is 3. The van der Waals surface area contributed by atoms with Gasteiger partial charge in [-0.1, -0.05) is 6.92 Å². The number of carbonyl (C=O) groups is 1. The maximum atomic E-state index is 14.0. The quantitative estimate of drug-likeness (QED) is 0.888. The molecule has 0 spiro atoms. The van der Waals surface area contributed by atoms with Gasteiger partial charge >= 0.3 is 5.97 Å². The van der Waals surface area contributed by atoms with E-state index in [0.717, 1.165) is 18.9 Å². The first-order valence-electron chi connectivity index (χ1n) is 6.23. The minimum atomic E-state index is -0.934. The summed E-state index contributed by atoms with van der Waals surface area (Å²) >= 11 is 0. The van der Waals surface area contributed by atoms with Crippen LogP contribution in [0.2, 0.25) is 0 Å². The second-order valence-electron chi connectivity index (χ2n) is 4.87. The van der Waals surface area contributed by atoms with E-state index in [9.17, 15) is 14.3 Å². The van der Waals surface area contributed by atoms with E-state index >= 15 is 0 Å². The molecule has 2 atom stereocenters. The van der Waals surface area contributed by atoms with Crippen molar-refractivity contribution in [2.75, 3.05) is 11.4 Å². The highest BCUT2D eigenvalue weighted by molar-refractivity contribution is 5.79. The third-order valence-electron chi connectivity index (χ3n) is 3.57. The number of nitriles is 1. The van der Waals surface area contributed by atoms with Crippen molar-refractivity contribution in [1.82, 2.24) is 0 Å². The molecule has 100 valence electrons. The molecule has 19 heavy (non-hydrogen) atoms. The van der Waals surface area contributed by atoms with Crippen molar-refractivity contribution in [2.45, 2.75) is 25.8 Å². The molecule has 0 saturated carbocycles. The van der Waals surface area contributed by atoms with Gasteiger partial charge in [0.2, 0.25) is 0 Å². The molecule has 1 saturated heterocycles. The van der Waals surface area contributed by atoms with Gasteiger partial charge in [-0.25, -0.2) is 9.18 Å². The smallest absolute Gasteiger partial charge is 0.326 e. The lowest BCUT2D eigenvalue weighted by Crippen LogP contribution is -2.49. The summed E-state index contributed by atoms with van der Waals surface area (Å²) in [6.45, 7) is 2.39. The summed E-state index contributed by atoms with van der Waals surface area (Å²) in [6, 6.07) is 5.30. The van der Waals surface area contributed by atoms with Gasteiger partial charge in [-0.05, 0) is 37.0 Å². The van der Waals surface area contributed by atoms with Gasteiger partial charge in [0.25, 0.3) is 0 Å². The third-order valence-corrected chi connectivity index (χ3v) is 3.57. The van der Waals surface area contributed by atoms with Crippen molar-refractivity contribution >= 4 is 11.7 Å². The predicted octanol–water partition coefficient (Wildman–Crippen LogP) is 2.39. The molecular formula is C14H15FN2O2. The zero-order valence-electron chi connectivity index (χ0n) is 10.6. The van der Waals surface area contributed by atoms with E-state index in [1.807, 2.05) is 13.0 Å². The van der Waals surface area contributed by atoms with Crippen LogP contribution in [-0.2, 0) is 4.79 Å². The zero-order valence-corrected chi connectivity index (χ0v) is 10.6. The lowest BCUT2D eigenvalue weighted by Gasteiger charge is -2.39. The fraction of sp³-hybridized carbons (Fsp3) is 0.429. The molecule has 4 nitrogen and oxygen atoms in total. The Labute approximate surface area is 111 Å². The third kappa shape index (κ3) is 2.53. The lowest BCUT2D eigenvalue weighted by molar-refractivity contribution is -0.140. The average molecular weight is 262 g/mol. The molecule has 1 heterocycles. The highest BCUT2D eigenvalue weighted by atomic mass is 19.1. The first-order chi connectivity index (χ1) is 9.04. The Morgan fingerprint density at radius 1 is 1.58 bits per heavy atom. The fourth-order valence-corrected chi connectivity index (χ4v) is 2.64. The van der Waals surface area contributed by atoms with E-state index in [4.69, 9.17) is 5.26 Å². The number of hydrogen-bond donors (Lipinski definition) is 1. The molecule has 0 amide bonds. The van der Waals surface area contributed by atoms with E-state index in [0.29, 0.717) is 6.54 Å². The summed E-state index contributed by atoms with van der Waals surface area (Å²) in [6.07, 6.45) is 1.66. The van der Waals surface area contributed by atoms with Crippen LogP contribution in [0.5, 0.6) is 0 Å². The number of carboxylic acids is 1. The van der Waals surface area contributed by atoms with Gasteiger partial charge < -0.3 is 10.0 Å². The van der Waals surface area contributed by atoms with Crippen LogP contribution in [0.4, 0.5) is 10.1 Å². The second kappa shape index (κ2) is 5.27. The second-order valence-corrected chi connectivity index (χ2v) is 4.87. The summed E-state index contributed by atoms with van der Waals surface area (Å²) in [7, 11) is 0. The maximum absolute atomic E-state index is 14.0. The number of aliphatic carboxylic acids is 1. The Balaban J connectivity index is 2.38. The molecular weight excluding hydrogens is 247 g/mol. The molecule has 1 N–H and O–H groups in total. The Morgan fingerprint density at radius 3 is 2.89 bits per heavy atom. The van der Waals surface area contributed by atoms with E-state index < -0.39 is 17.8 Å². The first-order valence-corrected chi connectivity index (χ1v) is 6.23. The van der Waals surface area contributed by atoms with Crippen molar-refractivity contribution in [1.29, 1.82) is 5.26 Å². The van der Waals surface area contributed by atoms with Gasteiger partial charge in [0.1, 0.15) is 11.9 Å². The minimum Gasteiger partial charge on any atom is -0.480 e. The molecule has 1 aromatic carbocycles. The molecule has 1 aromatic rings. The molecule has 2 rings (SSSR count). The Kier molecular flexibility index (Phi) is 3.70. The van der Waals surface area contributed by atoms with Gasteiger partial charge in [-0.2, -0.15) is 5.26 Å². The van der Waals surface area contributed by atoms with Crippen LogP contribution in [0.3, 0.4) is 0 Å². The molecule has 5 heteroatoms. The monoisotopic (exact) mass is 262 g/mol. The predicted molar refractivity (Wildman–Crippen MR) is 68.3 cm³/mol. The van der Waals surface area contributed by atoms with Crippen LogP contribution in [0.25, 0.3) is 0 Å². The van der Waals surface area contributed by atoms with Crippen LogP contribution >= 0.6 is 0 Å². The molecule has 0 bridgehead atoms. The van der Waals surface area contributed by atoms with Crippen LogP contribution in [0.1, 0.15) is 25.3 Å². The molecule has 0 aliphatic carbocycles. The zero-order chi connectivity index (χ0) is 14.0. The van der Waals surface area contributed by atoms with Gasteiger partial charge in [-0.15, -0.1) is 0 Å². The number of nitrogens with zero attached hydrogens (tertiary/aromatic N) is 2. The van der Waals surface area contributed by atoms with Gasteiger partial charge in [0.05, 0.1) is 17.3 Å². The molecule has 1 fully saturated rings. The Hall–Kier alpha value is -2.09. The van der Waals surface area contributed by atoms with Crippen molar-refractivity contribution in [3.63, 3.8) is 0 Å². The van der Waals surface area contributed by atoms with Crippen molar-refractivity contribution in [2.24, 2.45) is 5.92 Å². The average Bonchev–Trinajstić information content (AvgIpc) is 2.37. The van der Waals surface area contributed by atoms with Crippen LogP contribution in [0.15, 0.2) is 18.2 Å². The number of piperidine rings is 1. The molecule has 1 aliphatic heterocycles. The highest BCUT2D eigenvalue weighted by Crippen LogP contribution is 2.31. The van der Waals surface area contributed by atoms with Gasteiger partial charge in [0, 0.05) is 6.54 Å². The normalized spacial score (nSPS) is 22.9. The largest absolute Gasteiger partial charge is 0.480 e. The lowest BCUT2D eigenvalue weighted by atomic mass is 9.90. The van der Waals surface area contributed by atoms with E-state index in [2.05, 4.69) is 0 Å². The summed E-state index contributed by atoms with van der Waals surface area (Å²) in [5.74, 6) is -1.50. The van der Waals surface area contributed by atoms with Gasteiger partial charge in [-0.3, -0.25) is 0 Å². The number of benzene rings is 1. The van der Waals surface area contributed by atoms with E-state index in [1.165, 1.54) is 12.1 Å². The summed E-state index contributed by atoms with van der Waals surface area (Å²) in [5, 5.41) is 18.0. The summed E-state index contributed by atoms with van der Waals surface area (Å²) < 4.78 is 14.0. The number of carboxylic acid groups (broad SMARTS) is 1. The van der Waals surface area contributed by atoms with Crippen LogP contribution in [-0.4, -0.2) is 23.7 Å². The molecule has 0 aromatic heterocycles. The highest BCUT2D eigenvalue weighted by Gasteiger charge is 2.35. The van der Waals surface area contributed by atoms with Crippen molar-refractivity contribution in [3.05, 3.63) is 29.6 Å². The molecule has 1 aliphatic rings. The molecule has 2 unspecified atom stereocenters. The Morgan fingerprint density at radius 2 is 2.32 bits per heavy atom. The number of halogens is 1. The summed E-state index contributed by atoms with van der Waals surface area (Å²) in [5.41, 5.74) is 0.496. The van der Waals surface area contributed by atoms with E-state index in [-0.39, 0.29) is 17.2 Å². The summed E-state index contributed by atoms with van der Waals surface area (Å²) in [4.78, 5) is 13.0. The number of anilines is 1. The van der Waals surface area contributed by atoms with Crippen LogP contribution in [0, 0.1) is 23.1 Å². The van der Waals surface area contributed by atoms with Crippen molar-refractivity contribution in [3.8, 4) is 6.07 Å². The number of rotatable bonds is 2. The van der Waals surface area contributed by atoms with Gasteiger partial charge in [0.15, 0.2) is 0 Å². The topological polar surface area (TPSA) is 64.3 Å². The molecule has 0 radical (unpaired) electrons. The minimum absolute atomic E-state index is 0.0266. The van der Waals surface area contributed by atoms with Crippen LogP contribution < -0.4 is 4.90 Å². The standard InChI is InChI=1S/C14H15FN2O2/c1-9-3-2-6-17(13(9)14(18)19)12-5-4-10(8-16)7-11(12)15/h4-5,7,9,13H,2-3,6H2,1H3,(H,18,19). The maximum Gasteiger partial charge on any atom is 0.326 e. The Bertz CT molecular complexity index is 539. The van der Waals surface area contributed by atoms with E-state index in [1.54, 1.807) is 4.90 Å². The fourth-order valence-electron chi connectivity index (χ4n) is 2.64. The first kappa shape index (κ1) is 13.3. The SMILES string of the molecule is CC1CCCN(c2ccc(C#N)cc2F)C1C(=O)O.